The molecule has 0 aromatic carbocycles. The minimum Gasteiger partial charge on any atom is -0.326 e. The lowest BCUT2D eigenvalue weighted by Gasteiger charge is -2.13. The Morgan fingerprint density at radius 3 is 2.09 bits per heavy atom. The summed E-state index contributed by atoms with van der Waals surface area (Å²) >= 11 is 0. The first-order valence-electron chi connectivity index (χ1n) is 4.10. The van der Waals surface area contributed by atoms with E-state index in [2.05, 4.69) is 0 Å². The molecule has 1 atom stereocenters. The first-order valence-corrected chi connectivity index (χ1v) is 5.36. The van der Waals surface area contributed by atoms with Crippen molar-refractivity contribution in [2.45, 2.75) is 45.6 Å². The zero-order chi connectivity index (χ0) is 8.69. The second kappa shape index (κ2) is 6.84. The molecule has 68 valence electrons. The number of rotatable bonds is 6. The van der Waals surface area contributed by atoms with Gasteiger partial charge in [-0.3, -0.25) is 4.57 Å². The Hall–Kier alpha value is 0.150. The fourth-order valence-corrected chi connectivity index (χ4v) is 1.57. The van der Waals surface area contributed by atoms with Crippen molar-refractivity contribution in [3.63, 3.8) is 0 Å². The van der Waals surface area contributed by atoms with Crippen molar-refractivity contribution in [1.29, 1.82) is 0 Å². The van der Waals surface area contributed by atoms with E-state index in [1.807, 2.05) is 13.8 Å². The molecule has 0 amide bonds. The van der Waals surface area contributed by atoms with Crippen molar-refractivity contribution in [2.24, 2.45) is 0 Å². The molecule has 11 heavy (non-hydrogen) atoms. The highest BCUT2D eigenvalue weighted by Crippen LogP contribution is 2.23. The SMILES string of the molecule is CCCC(CCC)O[PH](=O)O. The van der Waals surface area contributed by atoms with Gasteiger partial charge in [0.2, 0.25) is 0 Å². The Morgan fingerprint density at radius 2 is 1.82 bits per heavy atom. The van der Waals surface area contributed by atoms with Crippen LogP contribution in [0.5, 0.6) is 0 Å². The quantitative estimate of drug-likeness (QED) is 0.638. The van der Waals surface area contributed by atoms with Crippen molar-refractivity contribution in [3.8, 4) is 0 Å². The molecule has 1 N–H and O–H groups in total. The minimum absolute atomic E-state index is 0.0126. The summed E-state index contributed by atoms with van der Waals surface area (Å²) in [6.07, 6.45) is 3.75. The molecule has 4 heteroatoms. The summed E-state index contributed by atoms with van der Waals surface area (Å²) in [6.45, 7) is 4.08. The summed E-state index contributed by atoms with van der Waals surface area (Å²) in [6, 6.07) is 0. The predicted molar refractivity (Wildman–Crippen MR) is 45.9 cm³/mol. The fraction of sp³-hybridized carbons (Fsp3) is 1.00. The average molecular weight is 180 g/mol. The van der Waals surface area contributed by atoms with E-state index >= 15 is 0 Å². The van der Waals surface area contributed by atoms with E-state index in [4.69, 9.17) is 9.42 Å². The summed E-state index contributed by atoms with van der Waals surface area (Å²) in [7, 11) is -2.73. The maximum absolute atomic E-state index is 10.3. The molecule has 0 saturated heterocycles. The molecule has 0 aromatic heterocycles. The average Bonchev–Trinajstić information content (AvgIpc) is 1.87. The molecule has 0 aliphatic rings. The van der Waals surface area contributed by atoms with Gasteiger partial charge in [0.25, 0.3) is 0 Å². The van der Waals surface area contributed by atoms with Gasteiger partial charge in [-0.1, -0.05) is 26.7 Å². The Balaban J connectivity index is 3.59. The fourth-order valence-electron chi connectivity index (χ4n) is 1.05. The van der Waals surface area contributed by atoms with Crippen LogP contribution >= 0.6 is 8.25 Å². The lowest BCUT2D eigenvalue weighted by molar-refractivity contribution is 0.168. The van der Waals surface area contributed by atoms with Crippen LogP contribution < -0.4 is 0 Å². The van der Waals surface area contributed by atoms with E-state index in [1.54, 1.807) is 0 Å². The normalized spacial score (nSPS) is 13.8. The van der Waals surface area contributed by atoms with Gasteiger partial charge in [0.1, 0.15) is 0 Å². The van der Waals surface area contributed by atoms with Crippen molar-refractivity contribution in [2.75, 3.05) is 0 Å². The van der Waals surface area contributed by atoms with Gasteiger partial charge in [-0.25, -0.2) is 0 Å². The summed E-state index contributed by atoms with van der Waals surface area (Å²) in [5, 5.41) is 0. The van der Waals surface area contributed by atoms with Crippen molar-refractivity contribution >= 4 is 8.25 Å². The van der Waals surface area contributed by atoms with Crippen LogP contribution in [-0.2, 0) is 9.09 Å². The molecule has 0 rings (SSSR count). The predicted octanol–water partition coefficient (Wildman–Crippen LogP) is 2.35. The van der Waals surface area contributed by atoms with Crippen molar-refractivity contribution in [3.05, 3.63) is 0 Å². The van der Waals surface area contributed by atoms with Gasteiger partial charge in [-0.05, 0) is 12.8 Å². The smallest absolute Gasteiger partial charge is 0.316 e. The lowest BCUT2D eigenvalue weighted by atomic mass is 10.1. The van der Waals surface area contributed by atoms with Crippen LogP contribution in [-0.4, -0.2) is 11.0 Å². The van der Waals surface area contributed by atoms with Gasteiger partial charge in [0, 0.05) is 0 Å². The molecular formula is C7H17O3P. The monoisotopic (exact) mass is 180 g/mol. The summed E-state index contributed by atoms with van der Waals surface area (Å²) in [4.78, 5) is 8.50. The van der Waals surface area contributed by atoms with Gasteiger partial charge in [0.05, 0.1) is 6.10 Å². The van der Waals surface area contributed by atoms with Gasteiger partial charge >= 0.3 is 8.25 Å². The van der Waals surface area contributed by atoms with Crippen LogP contribution in [0.1, 0.15) is 39.5 Å². The Morgan fingerprint density at radius 1 is 1.36 bits per heavy atom. The molecule has 0 bridgehead atoms. The summed E-state index contributed by atoms with van der Waals surface area (Å²) in [5.74, 6) is 0. The molecule has 0 radical (unpaired) electrons. The number of hydrogen-bond donors (Lipinski definition) is 1. The van der Waals surface area contributed by atoms with E-state index in [-0.39, 0.29) is 6.10 Å². The Kier molecular flexibility index (Phi) is 6.93. The van der Waals surface area contributed by atoms with E-state index in [1.165, 1.54) is 0 Å². The van der Waals surface area contributed by atoms with E-state index in [9.17, 15) is 4.57 Å². The molecule has 3 nitrogen and oxygen atoms in total. The van der Waals surface area contributed by atoms with E-state index < -0.39 is 8.25 Å². The zero-order valence-electron chi connectivity index (χ0n) is 7.17. The molecular weight excluding hydrogens is 163 g/mol. The van der Waals surface area contributed by atoms with Crippen molar-refractivity contribution in [1.82, 2.24) is 0 Å². The largest absolute Gasteiger partial charge is 0.326 e. The van der Waals surface area contributed by atoms with Crippen LogP contribution in [0.2, 0.25) is 0 Å². The van der Waals surface area contributed by atoms with Gasteiger partial charge in [-0.2, -0.15) is 0 Å². The third kappa shape index (κ3) is 6.54. The van der Waals surface area contributed by atoms with Crippen LogP contribution in [0.15, 0.2) is 0 Å². The minimum atomic E-state index is -2.73. The highest BCUT2D eigenvalue weighted by atomic mass is 31.1. The lowest BCUT2D eigenvalue weighted by Crippen LogP contribution is -2.07. The second-order valence-corrected chi connectivity index (χ2v) is 3.35. The van der Waals surface area contributed by atoms with E-state index in [0.717, 1.165) is 25.7 Å². The molecule has 0 heterocycles. The highest BCUT2D eigenvalue weighted by molar-refractivity contribution is 7.32. The van der Waals surface area contributed by atoms with Gasteiger partial charge in [0.15, 0.2) is 0 Å². The molecule has 0 aliphatic carbocycles. The molecule has 0 aromatic rings. The number of hydrogen-bond acceptors (Lipinski definition) is 2. The second-order valence-electron chi connectivity index (χ2n) is 2.58. The first kappa shape index (κ1) is 11.2. The van der Waals surface area contributed by atoms with Gasteiger partial charge in [-0.15, -0.1) is 0 Å². The molecule has 0 aliphatic heterocycles. The topological polar surface area (TPSA) is 46.5 Å². The molecule has 0 spiro atoms. The highest BCUT2D eigenvalue weighted by Gasteiger charge is 2.08. The maximum atomic E-state index is 10.3. The molecule has 0 fully saturated rings. The summed E-state index contributed by atoms with van der Waals surface area (Å²) in [5.41, 5.74) is 0. The standard InChI is InChI=1S/C7H17O3P/c1-3-5-7(6-4-2)10-11(8)9/h7,11H,3-6H2,1-2H3,(H,8,9). The van der Waals surface area contributed by atoms with Crippen LogP contribution in [0, 0.1) is 0 Å². The summed E-state index contributed by atoms with van der Waals surface area (Å²) < 4.78 is 15.2. The zero-order valence-corrected chi connectivity index (χ0v) is 8.17. The van der Waals surface area contributed by atoms with Crippen LogP contribution in [0.4, 0.5) is 0 Å². The maximum Gasteiger partial charge on any atom is 0.316 e. The third-order valence-corrected chi connectivity index (χ3v) is 2.02. The first-order chi connectivity index (χ1) is 5.20. The molecule has 0 saturated carbocycles. The Labute approximate surface area is 68.7 Å². The van der Waals surface area contributed by atoms with Gasteiger partial charge < -0.3 is 9.42 Å². The van der Waals surface area contributed by atoms with Crippen LogP contribution in [0.3, 0.4) is 0 Å². The Bertz CT molecular complexity index is 110. The van der Waals surface area contributed by atoms with Crippen LogP contribution in [0.25, 0.3) is 0 Å². The van der Waals surface area contributed by atoms with Crippen molar-refractivity contribution < 1.29 is 14.0 Å². The third-order valence-electron chi connectivity index (χ3n) is 1.49. The van der Waals surface area contributed by atoms with E-state index in [0.29, 0.717) is 0 Å². The molecule has 1 unspecified atom stereocenters.